The minimum atomic E-state index is -4.08. The Morgan fingerprint density at radius 1 is 0.917 bits per heavy atom. The molecule has 3 aromatic rings. The number of aryl methyl sites for hydroxylation is 1. The Hall–Kier alpha value is -1.38. The summed E-state index contributed by atoms with van der Waals surface area (Å²) >= 11 is 15.6. The van der Waals surface area contributed by atoms with Crippen LogP contribution in [0.4, 0.5) is 5.69 Å². The Labute approximate surface area is 228 Å². The first-order chi connectivity index (χ1) is 16.9. The van der Waals surface area contributed by atoms with Crippen molar-refractivity contribution in [2.24, 2.45) is 0 Å². The molecule has 2 N–H and O–H groups in total. The molecule has 1 aromatic heterocycles. The Bertz CT molecular complexity index is 1540. The van der Waals surface area contributed by atoms with Gasteiger partial charge >= 0.3 is 0 Å². The summed E-state index contributed by atoms with van der Waals surface area (Å²) in [7, 11) is -8.11. The zero-order valence-electron chi connectivity index (χ0n) is 18.8. The van der Waals surface area contributed by atoms with Gasteiger partial charge in [-0.2, -0.15) is 21.4 Å². The fourth-order valence-electron chi connectivity index (χ4n) is 3.89. The molecule has 194 valence electrons. The fourth-order valence-corrected chi connectivity index (χ4v) is 7.57. The quantitative estimate of drug-likeness (QED) is 0.179. The normalized spacial score (nSPS) is 15.2. The second-order valence-corrected chi connectivity index (χ2v) is 14.3. The number of benzene rings is 2. The van der Waals surface area contributed by atoms with Gasteiger partial charge in [0.1, 0.15) is 4.70 Å². The van der Waals surface area contributed by atoms with Crippen LogP contribution in [-0.2, 0) is 26.8 Å². The molecule has 0 radical (unpaired) electrons. The standard InChI is InChI=1S/C22H22Cl2N2O6S4/c23-15-4-6-19-17(12-15)25(8-1-2-10-35(27,28)29)21(33-19)14-22-26(9-3-11-36(30,31)32)18-13-16(24)5-7-20(18)34-22/h4-7,12-14H,1-3,8-11H2,(H-,27,28,29,30,31,32)/p+1. The summed E-state index contributed by atoms with van der Waals surface area (Å²) in [5, 5.41) is 2.91. The summed E-state index contributed by atoms with van der Waals surface area (Å²) in [6, 6.07) is 11.1. The van der Waals surface area contributed by atoms with Gasteiger partial charge in [-0.1, -0.05) is 46.3 Å². The molecular formula is C22H23Cl2N2O6S4+. The maximum absolute atomic E-state index is 11.3. The van der Waals surface area contributed by atoms with Crippen LogP contribution in [0.1, 0.15) is 24.3 Å². The number of unbranched alkanes of at least 4 members (excludes halogenated alkanes) is 1. The summed E-state index contributed by atoms with van der Waals surface area (Å²) in [5.41, 5.74) is 1.77. The molecule has 0 bridgehead atoms. The molecule has 0 amide bonds. The van der Waals surface area contributed by atoms with E-state index >= 15 is 0 Å². The molecular weight excluding hydrogens is 587 g/mol. The molecule has 0 atom stereocenters. The lowest BCUT2D eigenvalue weighted by Crippen LogP contribution is -2.36. The average Bonchev–Trinajstić information content (AvgIpc) is 3.27. The summed E-state index contributed by atoms with van der Waals surface area (Å²) in [4.78, 5) is 3.07. The van der Waals surface area contributed by atoms with E-state index in [1.807, 2.05) is 41.0 Å². The van der Waals surface area contributed by atoms with Crippen LogP contribution in [0, 0.1) is 0 Å². The maximum atomic E-state index is 11.3. The van der Waals surface area contributed by atoms with Crippen LogP contribution in [0.3, 0.4) is 0 Å². The van der Waals surface area contributed by atoms with Crippen molar-refractivity contribution >= 4 is 88.5 Å². The van der Waals surface area contributed by atoms with Gasteiger partial charge in [0.15, 0.2) is 6.54 Å². The van der Waals surface area contributed by atoms with Gasteiger partial charge in [0.05, 0.1) is 28.3 Å². The van der Waals surface area contributed by atoms with E-state index in [4.69, 9.17) is 27.8 Å². The van der Waals surface area contributed by atoms with E-state index in [-0.39, 0.29) is 17.9 Å². The van der Waals surface area contributed by atoms with Crippen molar-refractivity contribution in [2.75, 3.05) is 23.0 Å². The first kappa shape index (κ1) is 27.6. The minimum absolute atomic E-state index is 0.223. The number of thioether (sulfide) groups is 1. The largest absolute Gasteiger partial charge is 0.335 e. The summed E-state index contributed by atoms with van der Waals surface area (Å²) in [5.74, 6) is -0.660. The molecule has 1 aliphatic heterocycles. The van der Waals surface area contributed by atoms with Gasteiger partial charge in [-0.05, 0) is 43.2 Å². The molecule has 2 heterocycles. The number of hydrogen-bond acceptors (Lipinski definition) is 7. The van der Waals surface area contributed by atoms with Gasteiger partial charge in [-0.3, -0.25) is 9.11 Å². The molecule has 36 heavy (non-hydrogen) atoms. The molecule has 0 saturated carbocycles. The van der Waals surface area contributed by atoms with Crippen molar-refractivity contribution in [1.82, 2.24) is 0 Å². The van der Waals surface area contributed by atoms with Gasteiger partial charge in [0, 0.05) is 34.0 Å². The second kappa shape index (κ2) is 11.2. The van der Waals surface area contributed by atoms with Crippen LogP contribution in [-0.4, -0.2) is 44.0 Å². The van der Waals surface area contributed by atoms with E-state index in [0.717, 1.165) is 30.8 Å². The lowest BCUT2D eigenvalue weighted by molar-refractivity contribution is -0.668. The molecule has 0 spiro atoms. The summed E-state index contributed by atoms with van der Waals surface area (Å²) in [6.07, 6.45) is 3.06. The van der Waals surface area contributed by atoms with Crippen molar-refractivity contribution in [3.8, 4) is 0 Å². The molecule has 8 nitrogen and oxygen atoms in total. The van der Waals surface area contributed by atoms with Gasteiger partial charge in [-0.15, -0.1) is 0 Å². The topological polar surface area (TPSA) is 116 Å². The Morgan fingerprint density at radius 2 is 1.58 bits per heavy atom. The first-order valence-electron chi connectivity index (χ1n) is 10.9. The molecule has 0 fully saturated rings. The van der Waals surface area contributed by atoms with Crippen molar-refractivity contribution < 1.29 is 30.5 Å². The predicted molar refractivity (Wildman–Crippen MR) is 146 cm³/mol. The number of halogens is 2. The van der Waals surface area contributed by atoms with E-state index in [1.165, 1.54) is 11.3 Å². The number of nitrogens with zero attached hydrogens (tertiary/aromatic N) is 2. The zero-order chi connectivity index (χ0) is 26.1. The third kappa shape index (κ3) is 7.13. The first-order valence-corrected chi connectivity index (χ1v) is 16.5. The summed E-state index contributed by atoms with van der Waals surface area (Å²) < 4.78 is 65.9. The highest BCUT2D eigenvalue weighted by Gasteiger charge is 2.28. The Morgan fingerprint density at radius 3 is 2.31 bits per heavy atom. The number of rotatable bonds is 10. The third-order valence-electron chi connectivity index (χ3n) is 5.45. The van der Waals surface area contributed by atoms with E-state index in [9.17, 15) is 21.4 Å². The van der Waals surface area contributed by atoms with Gasteiger partial charge < -0.3 is 4.90 Å². The molecule has 0 aliphatic carbocycles. The maximum Gasteiger partial charge on any atom is 0.265 e. The number of fused-ring (bicyclic) bond motifs is 2. The molecule has 1 aliphatic rings. The van der Waals surface area contributed by atoms with Crippen molar-refractivity contribution in [3.63, 3.8) is 0 Å². The van der Waals surface area contributed by atoms with E-state index in [2.05, 4.69) is 4.90 Å². The van der Waals surface area contributed by atoms with Crippen molar-refractivity contribution in [2.45, 2.75) is 30.7 Å². The molecule has 14 heteroatoms. The average molecular weight is 611 g/mol. The molecule has 4 rings (SSSR count). The van der Waals surface area contributed by atoms with Gasteiger partial charge in [-0.25, -0.2) is 0 Å². The SMILES string of the molecule is O=S(=O)(O)CCCCN1C(=Cc2sc3ccc(Cl)cc3[n+]2CCCS(=O)(=O)O)Sc2ccc(Cl)cc21. The van der Waals surface area contributed by atoms with Crippen molar-refractivity contribution in [3.05, 3.63) is 56.5 Å². The Kier molecular flexibility index (Phi) is 8.57. The smallest absolute Gasteiger partial charge is 0.265 e. The Balaban J connectivity index is 1.69. The fraction of sp³-hybridized carbons (Fsp3) is 0.318. The number of aromatic nitrogens is 1. The van der Waals surface area contributed by atoms with Crippen LogP contribution < -0.4 is 9.47 Å². The molecule has 0 unspecified atom stereocenters. The number of thiazole rings is 1. The third-order valence-corrected chi connectivity index (χ3v) is 9.75. The van der Waals surface area contributed by atoms with Crippen LogP contribution in [0.15, 0.2) is 46.3 Å². The highest BCUT2D eigenvalue weighted by Crippen LogP contribution is 2.48. The van der Waals surface area contributed by atoms with E-state index in [1.54, 1.807) is 17.8 Å². The highest BCUT2D eigenvalue weighted by molar-refractivity contribution is 8.04. The lowest BCUT2D eigenvalue weighted by atomic mass is 10.2. The van der Waals surface area contributed by atoms with Crippen molar-refractivity contribution in [1.29, 1.82) is 0 Å². The molecule has 2 aromatic carbocycles. The zero-order valence-corrected chi connectivity index (χ0v) is 23.6. The monoisotopic (exact) mass is 609 g/mol. The second-order valence-electron chi connectivity index (χ2n) is 8.19. The van der Waals surface area contributed by atoms with Gasteiger partial charge in [0.25, 0.3) is 25.2 Å². The predicted octanol–water partition coefficient (Wildman–Crippen LogP) is 5.35. The number of anilines is 1. The van der Waals surface area contributed by atoms with Crippen LogP contribution in [0.5, 0.6) is 0 Å². The highest BCUT2D eigenvalue weighted by atomic mass is 35.5. The lowest BCUT2D eigenvalue weighted by Gasteiger charge is -2.20. The molecule has 0 saturated heterocycles. The van der Waals surface area contributed by atoms with Crippen LogP contribution in [0.25, 0.3) is 16.3 Å². The van der Waals surface area contributed by atoms with Crippen LogP contribution >= 0.6 is 46.3 Å². The minimum Gasteiger partial charge on any atom is -0.335 e. The van der Waals surface area contributed by atoms with Gasteiger partial charge in [0.2, 0.25) is 5.52 Å². The number of hydrogen-bond donors (Lipinski definition) is 2. The van der Waals surface area contributed by atoms with E-state index in [0.29, 0.717) is 36.0 Å². The summed E-state index contributed by atoms with van der Waals surface area (Å²) in [6.45, 7) is 0.873. The van der Waals surface area contributed by atoms with Crippen LogP contribution in [0.2, 0.25) is 10.0 Å². The van der Waals surface area contributed by atoms with E-state index < -0.39 is 20.2 Å².